The van der Waals surface area contributed by atoms with E-state index in [9.17, 15) is 14.4 Å². The highest BCUT2D eigenvalue weighted by atomic mass is 32.2. The molecule has 0 unspecified atom stereocenters. The number of para-hydroxylation sites is 2. The Kier molecular flexibility index (Phi) is 6.57. The Morgan fingerprint density at radius 1 is 1.03 bits per heavy atom. The van der Waals surface area contributed by atoms with Crippen LogP contribution in [0.4, 0.5) is 5.69 Å². The molecule has 0 saturated heterocycles. The Labute approximate surface area is 190 Å². The number of rotatable bonds is 8. The zero-order valence-electron chi connectivity index (χ0n) is 16.6. The van der Waals surface area contributed by atoms with Gasteiger partial charge >= 0.3 is 0 Å². The number of carbonyl (C=O) groups is 2. The monoisotopic (exact) mass is 466 g/mol. The number of fused-ring (bicyclic) bond motifs is 1. The number of nitrogens with zero attached hydrogens (tertiary/aromatic N) is 3. The van der Waals surface area contributed by atoms with Crippen LogP contribution in [-0.2, 0) is 9.59 Å². The van der Waals surface area contributed by atoms with Gasteiger partial charge in [0.25, 0.3) is 5.56 Å². The average Bonchev–Trinajstić information content (AvgIpc) is 3.22. The number of H-pyrrole nitrogens is 1. The van der Waals surface area contributed by atoms with Gasteiger partial charge in [-0.2, -0.15) is 5.10 Å². The number of hydrogen-bond acceptors (Lipinski definition) is 7. The summed E-state index contributed by atoms with van der Waals surface area (Å²) >= 11 is 2.36. The van der Waals surface area contributed by atoms with Gasteiger partial charge in [-0.1, -0.05) is 42.1 Å². The summed E-state index contributed by atoms with van der Waals surface area (Å²) in [4.78, 5) is 43.9. The normalized spacial score (nSPS) is 10.9. The number of nitrogens with one attached hydrogen (secondary N) is 2. The Morgan fingerprint density at radius 3 is 2.56 bits per heavy atom. The first-order valence-corrected chi connectivity index (χ1v) is 11.4. The lowest BCUT2D eigenvalue weighted by atomic mass is 10.3. The van der Waals surface area contributed by atoms with Gasteiger partial charge in [-0.05, 0) is 24.3 Å². The number of benzene rings is 2. The molecule has 2 aromatic heterocycles. The Balaban J connectivity index is 1.48. The maximum absolute atomic E-state index is 12.5. The highest BCUT2D eigenvalue weighted by Crippen LogP contribution is 2.27. The first-order valence-electron chi connectivity index (χ1n) is 9.47. The predicted molar refractivity (Wildman–Crippen MR) is 125 cm³/mol. The van der Waals surface area contributed by atoms with Crippen LogP contribution in [0.1, 0.15) is 0 Å². The number of thioether (sulfide) groups is 2. The third kappa shape index (κ3) is 5.01. The number of amides is 2. The summed E-state index contributed by atoms with van der Waals surface area (Å²) in [7, 11) is 0. The lowest BCUT2D eigenvalue weighted by Crippen LogP contribution is -2.17. The molecule has 162 valence electrons. The van der Waals surface area contributed by atoms with E-state index in [1.165, 1.54) is 18.0 Å². The van der Waals surface area contributed by atoms with E-state index in [0.717, 1.165) is 22.3 Å². The van der Waals surface area contributed by atoms with E-state index in [0.29, 0.717) is 21.9 Å². The molecule has 2 aromatic carbocycles. The van der Waals surface area contributed by atoms with Gasteiger partial charge in [-0.15, -0.1) is 11.8 Å². The summed E-state index contributed by atoms with van der Waals surface area (Å²) in [6, 6.07) is 16.5. The zero-order valence-corrected chi connectivity index (χ0v) is 18.3. The van der Waals surface area contributed by atoms with Gasteiger partial charge in [0.05, 0.1) is 29.1 Å². The molecule has 2 amide bonds. The number of carbonyl (C=O) groups excluding carboxylic acids is 2. The summed E-state index contributed by atoms with van der Waals surface area (Å²) in [5.41, 5.74) is 6.65. The molecule has 0 radical (unpaired) electrons. The minimum atomic E-state index is -0.438. The van der Waals surface area contributed by atoms with Gasteiger partial charge in [-0.3, -0.25) is 14.4 Å². The molecule has 9 nitrogen and oxygen atoms in total. The largest absolute Gasteiger partial charge is 0.369 e. The minimum absolute atomic E-state index is 0.0305. The third-order valence-corrected chi connectivity index (χ3v) is 6.26. The standard InChI is InChI=1S/C21H18N6O3S2/c22-17(28)11-31-16-9-5-4-8-15(16)24-18(29)12-32-21-25-19-14(20(30)26-21)10-23-27(19)13-6-2-1-3-7-13/h1-10H,11-12H2,(H2,22,28)(H,24,29)(H,25,26,30). The molecule has 0 saturated carbocycles. The molecular weight excluding hydrogens is 448 g/mol. The highest BCUT2D eigenvalue weighted by Gasteiger charge is 2.14. The van der Waals surface area contributed by atoms with E-state index < -0.39 is 5.91 Å². The first-order chi connectivity index (χ1) is 15.5. The predicted octanol–water partition coefficient (Wildman–Crippen LogP) is 2.42. The molecule has 4 N–H and O–H groups in total. The van der Waals surface area contributed by atoms with Gasteiger partial charge in [0.1, 0.15) is 5.39 Å². The number of hydrogen-bond donors (Lipinski definition) is 3. The maximum Gasteiger partial charge on any atom is 0.262 e. The highest BCUT2D eigenvalue weighted by molar-refractivity contribution is 8.00. The van der Waals surface area contributed by atoms with Crippen molar-refractivity contribution in [2.75, 3.05) is 16.8 Å². The molecule has 0 atom stereocenters. The van der Waals surface area contributed by atoms with Crippen molar-refractivity contribution < 1.29 is 9.59 Å². The molecule has 2 heterocycles. The van der Waals surface area contributed by atoms with Gasteiger partial charge in [0.15, 0.2) is 10.8 Å². The van der Waals surface area contributed by atoms with E-state index >= 15 is 0 Å². The smallest absolute Gasteiger partial charge is 0.262 e. The number of aromatic nitrogens is 4. The van der Waals surface area contributed by atoms with Crippen LogP contribution in [0.25, 0.3) is 16.7 Å². The fourth-order valence-electron chi connectivity index (χ4n) is 2.89. The van der Waals surface area contributed by atoms with Gasteiger partial charge in [0.2, 0.25) is 11.8 Å². The van der Waals surface area contributed by atoms with E-state index in [4.69, 9.17) is 5.73 Å². The van der Waals surface area contributed by atoms with Crippen LogP contribution in [0, 0.1) is 0 Å². The molecule has 0 aliphatic carbocycles. The van der Waals surface area contributed by atoms with Crippen LogP contribution < -0.4 is 16.6 Å². The quantitative estimate of drug-likeness (QED) is 0.268. The van der Waals surface area contributed by atoms with Crippen LogP contribution in [0.15, 0.2) is 75.6 Å². The number of aromatic amines is 1. The second kappa shape index (κ2) is 9.71. The summed E-state index contributed by atoms with van der Waals surface area (Å²) in [6.45, 7) is 0. The van der Waals surface area contributed by atoms with Crippen LogP contribution in [0.2, 0.25) is 0 Å². The van der Waals surface area contributed by atoms with E-state index in [2.05, 4.69) is 20.4 Å². The van der Waals surface area contributed by atoms with Crippen LogP contribution in [-0.4, -0.2) is 43.1 Å². The molecule has 0 fully saturated rings. The summed E-state index contributed by atoms with van der Waals surface area (Å²) < 4.78 is 1.58. The van der Waals surface area contributed by atoms with E-state index in [1.54, 1.807) is 22.9 Å². The van der Waals surface area contributed by atoms with Crippen molar-refractivity contribution in [1.29, 1.82) is 0 Å². The van der Waals surface area contributed by atoms with E-state index in [-0.39, 0.29) is 23.0 Å². The third-order valence-electron chi connectivity index (χ3n) is 4.29. The van der Waals surface area contributed by atoms with Crippen LogP contribution >= 0.6 is 23.5 Å². The summed E-state index contributed by atoms with van der Waals surface area (Å²) in [6.07, 6.45) is 1.47. The number of primary amides is 1. The van der Waals surface area contributed by atoms with Gasteiger partial charge in [0, 0.05) is 4.90 Å². The Bertz CT molecular complexity index is 1340. The summed E-state index contributed by atoms with van der Waals surface area (Å²) in [5, 5.41) is 7.76. The van der Waals surface area contributed by atoms with Crippen molar-refractivity contribution in [2.45, 2.75) is 10.1 Å². The van der Waals surface area contributed by atoms with Crippen LogP contribution in [0.5, 0.6) is 0 Å². The lowest BCUT2D eigenvalue weighted by Gasteiger charge is -2.10. The SMILES string of the molecule is NC(=O)CSc1ccccc1NC(=O)CSc1nc2c(cnn2-c2ccccc2)c(=O)[nH]1. The second-order valence-electron chi connectivity index (χ2n) is 6.59. The molecular formula is C21H18N6O3S2. The minimum Gasteiger partial charge on any atom is -0.369 e. The molecule has 0 spiro atoms. The lowest BCUT2D eigenvalue weighted by molar-refractivity contribution is -0.115. The fraction of sp³-hybridized carbons (Fsp3) is 0.0952. The average molecular weight is 467 g/mol. The molecule has 11 heteroatoms. The zero-order chi connectivity index (χ0) is 22.5. The van der Waals surface area contributed by atoms with Crippen molar-refractivity contribution in [3.05, 3.63) is 71.1 Å². The number of nitrogens with two attached hydrogens (primary N) is 1. The fourth-order valence-corrected chi connectivity index (χ4v) is 4.29. The van der Waals surface area contributed by atoms with Crippen molar-refractivity contribution in [1.82, 2.24) is 19.7 Å². The topological polar surface area (TPSA) is 136 Å². The van der Waals surface area contributed by atoms with Crippen molar-refractivity contribution in [2.24, 2.45) is 5.73 Å². The van der Waals surface area contributed by atoms with Crippen molar-refractivity contribution in [3.8, 4) is 5.69 Å². The van der Waals surface area contributed by atoms with Crippen molar-refractivity contribution in [3.63, 3.8) is 0 Å². The Hall–Kier alpha value is -3.57. The number of anilines is 1. The molecule has 0 aliphatic heterocycles. The van der Waals surface area contributed by atoms with Gasteiger partial charge in [-0.25, -0.2) is 9.67 Å². The second-order valence-corrected chi connectivity index (χ2v) is 8.57. The van der Waals surface area contributed by atoms with E-state index in [1.807, 2.05) is 36.4 Å². The molecule has 0 bridgehead atoms. The Morgan fingerprint density at radius 2 is 1.78 bits per heavy atom. The molecule has 0 aliphatic rings. The van der Waals surface area contributed by atoms with Gasteiger partial charge < -0.3 is 16.0 Å². The first kappa shape index (κ1) is 21.7. The summed E-state index contributed by atoms with van der Waals surface area (Å²) in [5.74, 6) is -0.571. The van der Waals surface area contributed by atoms with Crippen LogP contribution in [0.3, 0.4) is 0 Å². The maximum atomic E-state index is 12.5. The van der Waals surface area contributed by atoms with Crippen molar-refractivity contribution >= 4 is 52.1 Å². The molecule has 4 rings (SSSR count). The molecule has 4 aromatic rings. The molecule has 32 heavy (non-hydrogen) atoms.